The smallest absolute Gasteiger partial charge is 0.252 e. The van der Waals surface area contributed by atoms with E-state index in [-0.39, 0.29) is 12.5 Å². The van der Waals surface area contributed by atoms with Gasteiger partial charge in [0.25, 0.3) is 5.91 Å². The Labute approximate surface area is 158 Å². The highest BCUT2D eigenvalue weighted by molar-refractivity contribution is 7.18. The molecule has 0 unspecified atom stereocenters. The van der Waals surface area contributed by atoms with Crippen molar-refractivity contribution in [3.05, 3.63) is 65.0 Å². The number of fused-ring (bicyclic) bond motifs is 1. The van der Waals surface area contributed by atoms with Crippen molar-refractivity contribution in [1.82, 2.24) is 9.97 Å². The summed E-state index contributed by atoms with van der Waals surface area (Å²) in [6.45, 7) is 0.288. The molecule has 0 aliphatic carbocycles. The predicted octanol–water partition coefficient (Wildman–Crippen LogP) is 4.58. The summed E-state index contributed by atoms with van der Waals surface area (Å²) < 4.78 is 6.60. The zero-order valence-corrected chi connectivity index (χ0v) is 15.3. The minimum Gasteiger partial charge on any atom is -0.364 e. The summed E-state index contributed by atoms with van der Waals surface area (Å²) in [6, 6.07) is 17.8. The average Bonchev–Trinajstić information content (AvgIpc) is 3.29. The van der Waals surface area contributed by atoms with Gasteiger partial charge >= 0.3 is 0 Å². The number of amides is 1. The number of hydrogen-bond acceptors (Lipinski definition) is 6. The molecule has 0 bridgehead atoms. The average molecular weight is 381 g/mol. The normalized spacial score (nSPS) is 10.9. The van der Waals surface area contributed by atoms with Crippen molar-refractivity contribution >= 4 is 43.9 Å². The van der Waals surface area contributed by atoms with Gasteiger partial charge in [-0.1, -0.05) is 42.5 Å². The van der Waals surface area contributed by atoms with Crippen LogP contribution in [0.15, 0.2) is 60.0 Å². The Bertz CT molecular complexity index is 994. The maximum absolute atomic E-state index is 12.0. The number of rotatable bonds is 6. The Kier molecular flexibility index (Phi) is 5.01. The molecule has 2 heterocycles. The largest absolute Gasteiger partial charge is 0.364 e. The van der Waals surface area contributed by atoms with E-state index in [0.717, 1.165) is 26.5 Å². The molecule has 4 aromatic rings. The summed E-state index contributed by atoms with van der Waals surface area (Å²) in [5.74, 6) is -0.222. The molecule has 4 rings (SSSR count). The number of carbonyl (C=O) groups excluding carboxylic acids is 1. The molecule has 7 heteroatoms. The molecule has 130 valence electrons. The fourth-order valence-electron chi connectivity index (χ4n) is 2.44. The number of anilines is 1. The highest BCUT2D eigenvalue weighted by atomic mass is 32.1. The summed E-state index contributed by atoms with van der Waals surface area (Å²) >= 11 is 2.97. The zero-order chi connectivity index (χ0) is 17.8. The van der Waals surface area contributed by atoms with Gasteiger partial charge in [-0.3, -0.25) is 10.1 Å². The van der Waals surface area contributed by atoms with Gasteiger partial charge in [0.2, 0.25) is 0 Å². The Morgan fingerprint density at radius 3 is 2.69 bits per heavy atom. The molecular formula is C19H15N3O2S2. The summed E-state index contributed by atoms with van der Waals surface area (Å²) in [7, 11) is 0. The van der Waals surface area contributed by atoms with Gasteiger partial charge in [0, 0.05) is 10.9 Å². The van der Waals surface area contributed by atoms with E-state index in [0.29, 0.717) is 11.7 Å². The van der Waals surface area contributed by atoms with Gasteiger partial charge in [-0.15, -0.1) is 22.7 Å². The van der Waals surface area contributed by atoms with E-state index in [1.54, 1.807) is 11.3 Å². The fourth-order valence-corrected chi connectivity index (χ4v) is 4.08. The number of ether oxygens (including phenoxy) is 1. The lowest BCUT2D eigenvalue weighted by atomic mass is 10.2. The third kappa shape index (κ3) is 3.96. The highest BCUT2D eigenvalue weighted by Gasteiger charge is 2.09. The van der Waals surface area contributed by atoms with Crippen molar-refractivity contribution in [3.63, 3.8) is 0 Å². The lowest BCUT2D eigenvalue weighted by Gasteiger charge is -2.02. The molecule has 0 spiro atoms. The molecule has 0 atom stereocenters. The first kappa shape index (κ1) is 16.8. The van der Waals surface area contributed by atoms with Gasteiger partial charge in [0.05, 0.1) is 22.5 Å². The minimum absolute atomic E-state index is 0.0316. The molecule has 0 aliphatic heterocycles. The first-order chi connectivity index (χ1) is 12.8. The molecule has 26 heavy (non-hydrogen) atoms. The molecular weight excluding hydrogens is 366 g/mol. The van der Waals surface area contributed by atoms with Crippen LogP contribution in [-0.4, -0.2) is 22.5 Å². The van der Waals surface area contributed by atoms with Gasteiger partial charge in [-0.2, -0.15) is 0 Å². The summed E-state index contributed by atoms with van der Waals surface area (Å²) in [5, 5.41) is 6.12. The summed E-state index contributed by atoms with van der Waals surface area (Å²) in [5.41, 5.74) is 2.83. The van der Waals surface area contributed by atoms with Crippen LogP contribution in [0.25, 0.3) is 21.5 Å². The Morgan fingerprint density at radius 1 is 1.04 bits per heavy atom. The Morgan fingerprint density at radius 2 is 1.85 bits per heavy atom. The third-order valence-electron chi connectivity index (χ3n) is 3.62. The van der Waals surface area contributed by atoms with E-state index in [4.69, 9.17) is 4.74 Å². The zero-order valence-electron chi connectivity index (χ0n) is 13.7. The number of hydrogen-bond donors (Lipinski definition) is 1. The maximum Gasteiger partial charge on any atom is 0.252 e. The van der Waals surface area contributed by atoms with Gasteiger partial charge in [0.1, 0.15) is 11.6 Å². The van der Waals surface area contributed by atoms with E-state index in [9.17, 15) is 4.79 Å². The van der Waals surface area contributed by atoms with Crippen molar-refractivity contribution in [2.24, 2.45) is 0 Å². The van der Waals surface area contributed by atoms with Crippen LogP contribution in [0.2, 0.25) is 0 Å². The summed E-state index contributed by atoms with van der Waals surface area (Å²) in [6.07, 6.45) is 0. The SMILES string of the molecule is O=C(COCc1nc2ccccc2s1)Nc1nc(-c2ccccc2)cs1. The van der Waals surface area contributed by atoms with E-state index in [1.807, 2.05) is 60.0 Å². The van der Waals surface area contributed by atoms with Gasteiger partial charge in [-0.25, -0.2) is 9.97 Å². The van der Waals surface area contributed by atoms with Crippen LogP contribution in [0.5, 0.6) is 0 Å². The monoisotopic (exact) mass is 381 g/mol. The van der Waals surface area contributed by atoms with Crippen molar-refractivity contribution in [1.29, 1.82) is 0 Å². The van der Waals surface area contributed by atoms with E-state index >= 15 is 0 Å². The standard InChI is InChI=1S/C19H15N3O2S2/c23-17(10-24-11-18-20-14-8-4-5-9-16(14)26-18)22-19-21-15(12-25-19)13-6-2-1-3-7-13/h1-9,12H,10-11H2,(H,21,22,23). The van der Waals surface area contributed by atoms with Gasteiger partial charge < -0.3 is 4.74 Å². The summed E-state index contributed by atoms with van der Waals surface area (Å²) in [4.78, 5) is 21.0. The number of benzene rings is 2. The molecule has 0 radical (unpaired) electrons. The van der Waals surface area contributed by atoms with Crippen LogP contribution in [0.1, 0.15) is 5.01 Å². The molecule has 0 fully saturated rings. The number of carbonyl (C=O) groups is 1. The topological polar surface area (TPSA) is 64.1 Å². The van der Waals surface area contributed by atoms with E-state index in [2.05, 4.69) is 15.3 Å². The number of nitrogens with zero attached hydrogens (tertiary/aromatic N) is 2. The second-order valence-electron chi connectivity index (χ2n) is 5.52. The van der Waals surface area contributed by atoms with Crippen LogP contribution in [-0.2, 0) is 16.1 Å². The quantitative estimate of drug-likeness (QED) is 0.531. The number of aromatic nitrogens is 2. The second kappa shape index (κ2) is 7.74. The maximum atomic E-state index is 12.0. The highest BCUT2D eigenvalue weighted by Crippen LogP contribution is 2.25. The minimum atomic E-state index is -0.222. The molecule has 0 saturated carbocycles. The lowest BCUT2D eigenvalue weighted by molar-refractivity contribution is -0.121. The fraction of sp³-hybridized carbons (Fsp3) is 0.105. The molecule has 0 saturated heterocycles. The van der Waals surface area contributed by atoms with E-state index < -0.39 is 0 Å². The third-order valence-corrected chi connectivity index (χ3v) is 5.38. The number of thiazole rings is 2. The first-order valence-corrected chi connectivity index (χ1v) is 9.70. The number of para-hydroxylation sites is 1. The molecule has 2 aromatic heterocycles. The predicted molar refractivity (Wildman–Crippen MR) is 105 cm³/mol. The van der Waals surface area contributed by atoms with Crippen molar-refractivity contribution < 1.29 is 9.53 Å². The van der Waals surface area contributed by atoms with Gasteiger partial charge in [-0.05, 0) is 12.1 Å². The molecule has 5 nitrogen and oxygen atoms in total. The van der Waals surface area contributed by atoms with Crippen LogP contribution in [0.4, 0.5) is 5.13 Å². The van der Waals surface area contributed by atoms with Crippen molar-refractivity contribution in [2.75, 3.05) is 11.9 Å². The van der Waals surface area contributed by atoms with Crippen LogP contribution in [0, 0.1) is 0 Å². The number of nitrogens with one attached hydrogen (secondary N) is 1. The lowest BCUT2D eigenvalue weighted by Crippen LogP contribution is -2.18. The molecule has 1 amide bonds. The van der Waals surface area contributed by atoms with Crippen LogP contribution >= 0.6 is 22.7 Å². The molecule has 0 aliphatic rings. The van der Waals surface area contributed by atoms with Gasteiger partial charge in [0.15, 0.2) is 5.13 Å². The molecule has 2 aromatic carbocycles. The van der Waals surface area contributed by atoms with Crippen molar-refractivity contribution in [2.45, 2.75) is 6.61 Å². The second-order valence-corrected chi connectivity index (χ2v) is 7.49. The first-order valence-electron chi connectivity index (χ1n) is 8.01. The van der Waals surface area contributed by atoms with E-state index in [1.165, 1.54) is 11.3 Å². The van der Waals surface area contributed by atoms with Crippen LogP contribution in [0.3, 0.4) is 0 Å². The molecule has 1 N–H and O–H groups in total. The Hall–Kier alpha value is -2.61. The van der Waals surface area contributed by atoms with Crippen LogP contribution < -0.4 is 5.32 Å². The van der Waals surface area contributed by atoms with Crippen molar-refractivity contribution in [3.8, 4) is 11.3 Å². The Balaban J connectivity index is 1.29.